The van der Waals surface area contributed by atoms with Gasteiger partial charge in [-0.15, -0.1) is 0 Å². The predicted octanol–water partition coefficient (Wildman–Crippen LogP) is 3.15. The summed E-state index contributed by atoms with van der Waals surface area (Å²) >= 11 is 0. The van der Waals surface area contributed by atoms with Crippen LogP contribution >= 0.6 is 0 Å². The van der Waals surface area contributed by atoms with E-state index in [0.29, 0.717) is 17.7 Å². The average molecular weight is 324 g/mol. The highest BCUT2D eigenvalue weighted by Crippen LogP contribution is 2.45. The Hall–Kier alpha value is -3.02. The molecule has 0 spiro atoms. The second-order valence-electron chi connectivity index (χ2n) is 6.21. The molecule has 2 aliphatic rings. The van der Waals surface area contributed by atoms with Gasteiger partial charge in [-0.05, 0) is 37.3 Å². The van der Waals surface area contributed by atoms with Crippen LogP contribution in [-0.4, -0.2) is 22.8 Å². The van der Waals surface area contributed by atoms with Crippen LogP contribution < -0.4 is 15.0 Å². The van der Waals surface area contributed by atoms with E-state index in [1.54, 1.807) is 17.0 Å². The Morgan fingerprint density at radius 3 is 2.75 bits per heavy atom. The molecule has 2 atom stereocenters. The summed E-state index contributed by atoms with van der Waals surface area (Å²) in [6.45, 7) is 1.87. The van der Waals surface area contributed by atoms with Crippen LogP contribution in [-0.2, 0) is 0 Å². The van der Waals surface area contributed by atoms with Gasteiger partial charge >= 0.3 is 12.0 Å². The third-order valence-electron chi connectivity index (χ3n) is 4.53. The molecule has 2 heterocycles. The van der Waals surface area contributed by atoms with E-state index in [4.69, 9.17) is 9.84 Å². The number of urea groups is 1. The van der Waals surface area contributed by atoms with Gasteiger partial charge in [0.15, 0.2) is 5.72 Å². The molecule has 6 heteroatoms. The Morgan fingerprint density at radius 1 is 1.29 bits per heavy atom. The first-order chi connectivity index (χ1) is 11.5. The monoisotopic (exact) mass is 324 g/mol. The average Bonchev–Trinajstić information content (AvgIpc) is 2.54. The van der Waals surface area contributed by atoms with Crippen molar-refractivity contribution in [2.24, 2.45) is 0 Å². The Kier molecular flexibility index (Phi) is 3.03. The quantitative estimate of drug-likeness (QED) is 0.889. The van der Waals surface area contributed by atoms with E-state index >= 15 is 0 Å². The van der Waals surface area contributed by atoms with Crippen LogP contribution in [0, 0.1) is 0 Å². The molecule has 4 rings (SSSR count). The van der Waals surface area contributed by atoms with Crippen molar-refractivity contribution >= 4 is 17.7 Å². The zero-order valence-electron chi connectivity index (χ0n) is 13.0. The van der Waals surface area contributed by atoms with E-state index in [1.165, 1.54) is 6.07 Å². The summed E-state index contributed by atoms with van der Waals surface area (Å²) in [5, 5.41) is 12.1. The van der Waals surface area contributed by atoms with Gasteiger partial charge in [-0.1, -0.05) is 18.2 Å². The number of fused-ring (bicyclic) bond motifs is 4. The summed E-state index contributed by atoms with van der Waals surface area (Å²) in [6.07, 6.45) is 0.531. The van der Waals surface area contributed by atoms with E-state index in [-0.39, 0.29) is 17.6 Å². The maximum atomic E-state index is 12.7. The molecule has 2 aromatic rings. The number of nitrogens with one attached hydrogen (secondary N) is 1. The number of rotatable bonds is 2. The van der Waals surface area contributed by atoms with Crippen LogP contribution in [0.15, 0.2) is 48.5 Å². The Labute approximate surface area is 138 Å². The molecule has 0 aliphatic carbocycles. The van der Waals surface area contributed by atoms with Gasteiger partial charge < -0.3 is 15.2 Å². The van der Waals surface area contributed by atoms with Crippen molar-refractivity contribution in [1.82, 2.24) is 5.32 Å². The van der Waals surface area contributed by atoms with Crippen LogP contribution in [0.25, 0.3) is 0 Å². The number of benzene rings is 2. The lowest BCUT2D eigenvalue weighted by atomic mass is 9.89. The zero-order chi connectivity index (χ0) is 16.9. The second kappa shape index (κ2) is 4.99. The molecule has 2 aliphatic heterocycles. The van der Waals surface area contributed by atoms with E-state index in [9.17, 15) is 9.59 Å². The van der Waals surface area contributed by atoms with Crippen molar-refractivity contribution in [3.8, 4) is 5.75 Å². The molecule has 0 aromatic heterocycles. The summed E-state index contributed by atoms with van der Waals surface area (Å²) < 4.78 is 6.13. The molecule has 1 saturated heterocycles. The third kappa shape index (κ3) is 2.11. The summed E-state index contributed by atoms with van der Waals surface area (Å²) in [5.74, 6) is -0.404. The van der Waals surface area contributed by atoms with Crippen molar-refractivity contribution in [2.45, 2.75) is 25.1 Å². The number of hydrogen-bond donors (Lipinski definition) is 2. The molecule has 6 nitrogen and oxygen atoms in total. The Balaban J connectivity index is 1.79. The molecule has 0 unspecified atom stereocenters. The van der Waals surface area contributed by atoms with E-state index in [2.05, 4.69) is 5.32 Å². The van der Waals surface area contributed by atoms with Gasteiger partial charge in [-0.25, -0.2) is 9.59 Å². The third-order valence-corrected chi connectivity index (χ3v) is 4.53. The zero-order valence-corrected chi connectivity index (χ0v) is 13.0. The van der Waals surface area contributed by atoms with E-state index in [1.807, 2.05) is 37.3 Å². The molecule has 2 N–H and O–H groups in total. The number of anilines is 1. The molecule has 2 aromatic carbocycles. The molecular formula is C18H16N2O4. The van der Waals surface area contributed by atoms with Gasteiger partial charge in [0.25, 0.3) is 0 Å². The van der Waals surface area contributed by atoms with Gasteiger partial charge in [0.1, 0.15) is 5.75 Å². The van der Waals surface area contributed by atoms with Crippen molar-refractivity contribution < 1.29 is 19.4 Å². The van der Waals surface area contributed by atoms with Gasteiger partial charge in [0, 0.05) is 17.7 Å². The first-order valence-corrected chi connectivity index (χ1v) is 7.70. The van der Waals surface area contributed by atoms with Gasteiger partial charge in [0.2, 0.25) is 0 Å². The standard InChI is InChI=1S/C18H16N2O4/c1-18-10-14(13-9-11(16(21)22)7-8-15(13)24-18)19-17(23)20(18)12-5-3-2-4-6-12/h2-9,14H,10H2,1H3,(H,19,23)(H,21,22)/t14-,18-/m1/s1. The maximum absolute atomic E-state index is 12.7. The fraction of sp³-hybridized carbons (Fsp3) is 0.222. The number of amides is 2. The number of aromatic carboxylic acids is 1. The van der Waals surface area contributed by atoms with Gasteiger partial charge in [-0.2, -0.15) is 0 Å². The second-order valence-corrected chi connectivity index (χ2v) is 6.21. The minimum absolute atomic E-state index is 0.181. The Bertz CT molecular complexity index is 836. The van der Waals surface area contributed by atoms with Crippen LogP contribution in [0.2, 0.25) is 0 Å². The number of carbonyl (C=O) groups excluding carboxylic acids is 1. The number of hydrogen-bond acceptors (Lipinski definition) is 3. The van der Waals surface area contributed by atoms with Crippen molar-refractivity contribution in [3.63, 3.8) is 0 Å². The first kappa shape index (κ1) is 14.6. The molecule has 1 fully saturated rings. The molecule has 0 radical (unpaired) electrons. The topological polar surface area (TPSA) is 78.9 Å². The maximum Gasteiger partial charge on any atom is 0.335 e. The van der Waals surface area contributed by atoms with Gasteiger partial charge in [0.05, 0.1) is 11.6 Å². The number of carbonyl (C=O) groups is 2. The lowest BCUT2D eigenvalue weighted by Crippen LogP contribution is -2.65. The number of carboxylic acid groups (broad SMARTS) is 1. The van der Waals surface area contributed by atoms with Crippen molar-refractivity contribution in [2.75, 3.05) is 4.90 Å². The van der Waals surface area contributed by atoms with Crippen LogP contribution in [0.1, 0.15) is 35.3 Å². The lowest BCUT2D eigenvalue weighted by molar-refractivity contribution is 0.0378. The Morgan fingerprint density at radius 2 is 2.04 bits per heavy atom. The van der Waals surface area contributed by atoms with Gasteiger partial charge in [-0.3, -0.25) is 4.90 Å². The molecule has 2 bridgehead atoms. The normalized spacial score (nSPS) is 24.6. The molecule has 2 amide bonds. The van der Waals surface area contributed by atoms with Crippen LogP contribution in [0.4, 0.5) is 10.5 Å². The van der Waals surface area contributed by atoms with Crippen molar-refractivity contribution in [3.05, 3.63) is 59.7 Å². The van der Waals surface area contributed by atoms with Crippen LogP contribution in [0.5, 0.6) is 5.75 Å². The fourth-order valence-corrected chi connectivity index (χ4v) is 3.48. The SMILES string of the molecule is C[C@@]12C[C@@H](NC(=O)N1c1ccccc1)c1cc(C(=O)O)ccc1O2. The minimum Gasteiger partial charge on any atom is -0.478 e. The number of para-hydroxylation sites is 1. The summed E-state index contributed by atoms with van der Waals surface area (Å²) in [5.41, 5.74) is 0.808. The molecule has 0 saturated carbocycles. The highest BCUT2D eigenvalue weighted by Gasteiger charge is 2.49. The summed E-state index contributed by atoms with van der Waals surface area (Å²) in [7, 11) is 0. The summed E-state index contributed by atoms with van der Waals surface area (Å²) in [6, 6.07) is 13.6. The first-order valence-electron chi connectivity index (χ1n) is 7.70. The van der Waals surface area contributed by atoms with E-state index < -0.39 is 11.7 Å². The molecular weight excluding hydrogens is 308 g/mol. The van der Waals surface area contributed by atoms with Crippen molar-refractivity contribution in [1.29, 1.82) is 0 Å². The largest absolute Gasteiger partial charge is 0.478 e. The number of ether oxygens (including phenoxy) is 1. The highest BCUT2D eigenvalue weighted by molar-refractivity contribution is 5.95. The van der Waals surface area contributed by atoms with E-state index in [0.717, 1.165) is 5.69 Å². The molecule has 122 valence electrons. The predicted molar refractivity (Wildman–Crippen MR) is 87.2 cm³/mol. The number of nitrogens with zero attached hydrogens (tertiary/aromatic N) is 1. The molecule has 24 heavy (non-hydrogen) atoms. The smallest absolute Gasteiger partial charge is 0.335 e. The highest BCUT2D eigenvalue weighted by atomic mass is 16.5. The fourth-order valence-electron chi connectivity index (χ4n) is 3.48. The minimum atomic E-state index is -1.00. The van der Waals surface area contributed by atoms with Crippen LogP contribution in [0.3, 0.4) is 0 Å². The summed E-state index contributed by atoms with van der Waals surface area (Å²) in [4.78, 5) is 25.5. The number of carboxylic acids is 1. The lowest BCUT2D eigenvalue weighted by Gasteiger charge is -2.50.